The number of anilines is 1. The Labute approximate surface area is 193 Å². The number of nitrogens with zero attached hydrogens (tertiary/aromatic N) is 2. The summed E-state index contributed by atoms with van der Waals surface area (Å²) in [5, 5.41) is 9.72. The Bertz CT molecular complexity index is 1040. The average Bonchev–Trinajstić information content (AvgIpc) is 3.18. The molecule has 2 N–H and O–H groups in total. The van der Waals surface area contributed by atoms with Gasteiger partial charge >= 0.3 is 0 Å². The molecule has 0 bridgehead atoms. The minimum absolute atomic E-state index is 0.109. The lowest BCUT2D eigenvalue weighted by molar-refractivity contribution is -0.123. The molecule has 0 radical (unpaired) electrons. The van der Waals surface area contributed by atoms with E-state index in [1.54, 1.807) is 19.4 Å². The summed E-state index contributed by atoms with van der Waals surface area (Å²) in [4.78, 5) is 16.4. The molecule has 3 aromatic rings. The molecule has 162 valence electrons. The largest absolute Gasteiger partial charge is 0.493 e. The van der Waals surface area contributed by atoms with Crippen molar-refractivity contribution in [1.29, 1.82) is 0 Å². The van der Waals surface area contributed by atoms with Gasteiger partial charge in [0.25, 0.3) is 5.91 Å². The lowest BCUT2D eigenvalue weighted by Crippen LogP contribution is -2.30. The molecule has 0 aliphatic rings. The Morgan fingerprint density at radius 1 is 1.29 bits per heavy atom. The number of rotatable bonds is 10. The van der Waals surface area contributed by atoms with Gasteiger partial charge in [0.05, 0.1) is 23.5 Å². The zero-order valence-corrected chi connectivity index (χ0v) is 19.6. The van der Waals surface area contributed by atoms with Gasteiger partial charge in [-0.25, -0.2) is 4.98 Å². The standard InChI is InChI=1S/C22H23BrN4O3S/c1-15-14-31-22(26-15)27-25-12-17-10-18(23)21(19(11-17)29-2)30-13-20(28)24-9-8-16-6-4-3-5-7-16/h3-7,10-12,14H,8-9,13H2,1-2H3,(H,24,28)(H,26,27). The molecular weight excluding hydrogens is 480 g/mol. The third-order valence-electron chi connectivity index (χ3n) is 4.17. The van der Waals surface area contributed by atoms with Crippen LogP contribution in [0.25, 0.3) is 0 Å². The quantitative estimate of drug-likeness (QED) is 0.317. The van der Waals surface area contributed by atoms with Crippen molar-refractivity contribution in [2.75, 3.05) is 25.7 Å². The number of thiazole rings is 1. The average molecular weight is 503 g/mol. The summed E-state index contributed by atoms with van der Waals surface area (Å²) in [5.74, 6) is 0.762. The number of hydrazone groups is 1. The van der Waals surface area contributed by atoms with Crippen molar-refractivity contribution in [3.05, 3.63) is 69.1 Å². The van der Waals surface area contributed by atoms with Crippen LogP contribution in [0.5, 0.6) is 11.5 Å². The van der Waals surface area contributed by atoms with Crippen molar-refractivity contribution in [1.82, 2.24) is 10.3 Å². The molecule has 3 rings (SSSR count). The number of nitrogens with one attached hydrogen (secondary N) is 2. The van der Waals surface area contributed by atoms with Crippen LogP contribution in [0, 0.1) is 6.92 Å². The van der Waals surface area contributed by atoms with Gasteiger partial charge in [-0.2, -0.15) is 5.10 Å². The lowest BCUT2D eigenvalue weighted by atomic mass is 10.1. The number of aryl methyl sites for hydroxylation is 1. The molecule has 9 heteroatoms. The van der Waals surface area contributed by atoms with Gasteiger partial charge in [0.1, 0.15) is 0 Å². The zero-order valence-electron chi connectivity index (χ0n) is 17.2. The molecule has 1 aromatic heterocycles. The summed E-state index contributed by atoms with van der Waals surface area (Å²) < 4.78 is 11.8. The number of methoxy groups -OCH3 is 1. The van der Waals surface area contributed by atoms with Crippen LogP contribution in [0.3, 0.4) is 0 Å². The normalized spacial score (nSPS) is 10.8. The Kier molecular flexibility index (Phi) is 8.43. The van der Waals surface area contributed by atoms with E-state index in [2.05, 4.69) is 36.8 Å². The van der Waals surface area contributed by atoms with E-state index in [1.165, 1.54) is 16.9 Å². The van der Waals surface area contributed by atoms with Gasteiger partial charge in [-0.15, -0.1) is 11.3 Å². The second-order valence-electron chi connectivity index (χ2n) is 6.57. The Hall–Kier alpha value is -2.91. The molecule has 0 atom stereocenters. The SMILES string of the molecule is COc1cc(C=NNc2nc(C)cs2)cc(Br)c1OCC(=O)NCCc1ccccc1. The summed E-state index contributed by atoms with van der Waals surface area (Å²) >= 11 is 4.97. The van der Waals surface area contributed by atoms with Crippen LogP contribution in [0.15, 0.2) is 57.4 Å². The number of aromatic nitrogens is 1. The van der Waals surface area contributed by atoms with E-state index >= 15 is 0 Å². The molecule has 1 amide bonds. The summed E-state index contributed by atoms with van der Waals surface area (Å²) in [5.41, 5.74) is 5.80. The Morgan fingerprint density at radius 3 is 2.81 bits per heavy atom. The van der Waals surface area contributed by atoms with E-state index in [0.29, 0.717) is 22.5 Å². The predicted octanol–water partition coefficient (Wildman–Crippen LogP) is 4.41. The molecule has 0 unspecified atom stereocenters. The zero-order chi connectivity index (χ0) is 22.1. The lowest BCUT2D eigenvalue weighted by Gasteiger charge is -2.13. The molecule has 0 aliphatic heterocycles. The van der Waals surface area contributed by atoms with Crippen LogP contribution >= 0.6 is 27.3 Å². The number of halogens is 1. The van der Waals surface area contributed by atoms with E-state index in [1.807, 2.05) is 48.7 Å². The maximum Gasteiger partial charge on any atom is 0.257 e. The van der Waals surface area contributed by atoms with Gasteiger partial charge in [0.2, 0.25) is 5.13 Å². The fourth-order valence-corrected chi connectivity index (χ4v) is 3.91. The first-order chi connectivity index (χ1) is 15.0. The first-order valence-corrected chi connectivity index (χ1v) is 11.2. The number of hydrogen-bond donors (Lipinski definition) is 2. The number of benzene rings is 2. The van der Waals surface area contributed by atoms with Gasteiger partial charge in [0.15, 0.2) is 18.1 Å². The molecule has 7 nitrogen and oxygen atoms in total. The number of carbonyl (C=O) groups excluding carboxylic acids is 1. The van der Waals surface area contributed by atoms with Crippen molar-refractivity contribution in [2.24, 2.45) is 5.10 Å². The highest BCUT2D eigenvalue weighted by Crippen LogP contribution is 2.36. The van der Waals surface area contributed by atoms with Gasteiger partial charge in [0, 0.05) is 11.9 Å². The number of hydrogen-bond acceptors (Lipinski definition) is 7. The minimum Gasteiger partial charge on any atom is -0.493 e. The van der Waals surface area contributed by atoms with Crippen molar-refractivity contribution in [3.63, 3.8) is 0 Å². The second kappa shape index (κ2) is 11.5. The maximum atomic E-state index is 12.1. The third-order valence-corrected chi connectivity index (χ3v) is 5.62. The molecule has 31 heavy (non-hydrogen) atoms. The summed E-state index contributed by atoms with van der Waals surface area (Å²) in [7, 11) is 1.55. The van der Waals surface area contributed by atoms with E-state index in [9.17, 15) is 4.79 Å². The molecule has 0 spiro atoms. The molecule has 1 heterocycles. The Balaban J connectivity index is 1.53. The van der Waals surface area contributed by atoms with Crippen molar-refractivity contribution >= 4 is 44.5 Å². The second-order valence-corrected chi connectivity index (χ2v) is 8.28. The molecule has 0 saturated heterocycles. The van der Waals surface area contributed by atoms with Gasteiger partial charge in [-0.1, -0.05) is 30.3 Å². The van der Waals surface area contributed by atoms with Crippen molar-refractivity contribution in [2.45, 2.75) is 13.3 Å². The van der Waals surface area contributed by atoms with E-state index in [0.717, 1.165) is 22.8 Å². The van der Waals surface area contributed by atoms with Crippen LogP contribution in [0.1, 0.15) is 16.8 Å². The van der Waals surface area contributed by atoms with Crippen LogP contribution in [0.2, 0.25) is 0 Å². The van der Waals surface area contributed by atoms with Crippen LogP contribution in [0.4, 0.5) is 5.13 Å². The first kappa shape index (κ1) is 22.8. The van der Waals surface area contributed by atoms with Gasteiger partial charge < -0.3 is 14.8 Å². The maximum absolute atomic E-state index is 12.1. The fourth-order valence-electron chi connectivity index (χ4n) is 2.70. The highest BCUT2D eigenvalue weighted by atomic mass is 79.9. The van der Waals surface area contributed by atoms with E-state index in [-0.39, 0.29) is 12.5 Å². The van der Waals surface area contributed by atoms with Crippen LogP contribution < -0.4 is 20.2 Å². The molecule has 0 aliphatic carbocycles. The summed E-state index contributed by atoms with van der Waals surface area (Å²) in [6.07, 6.45) is 2.42. The Morgan fingerprint density at radius 2 is 2.10 bits per heavy atom. The number of carbonyl (C=O) groups is 1. The van der Waals surface area contributed by atoms with Gasteiger partial charge in [-0.3, -0.25) is 10.2 Å². The van der Waals surface area contributed by atoms with Crippen molar-refractivity contribution in [3.8, 4) is 11.5 Å². The van der Waals surface area contributed by atoms with Crippen LogP contribution in [-0.4, -0.2) is 37.4 Å². The molecule has 0 saturated carbocycles. The van der Waals surface area contributed by atoms with Gasteiger partial charge in [-0.05, 0) is 52.5 Å². The molecule has 0 fully saturated rings. The highest BCUT2D eigenvalue weighted by Gasteiger charge is 2.13. The topological polar surface area (TPSA) is 84.8 Å². The number of amides is 1. The fraction of sp³-hybridized carbons (Fsp3) is 0.227. The summed E-state index contributed by atoms with van der Waals surface area (Å²) in [6, 6.07) is 13.6. The van der Waals surface area contributed by atoms with Crippen LogP contribution in [-0.2, 0) is 11.2 Å². The monoisotopic (exact) mass is 502 g/mol. The first-order valence-electron chi connectivity index (χ1n) is 9.57. The van der Waals surface area contributed by atoms with Crippen molar-refractivity contribution < 1.29 is 14.3 Å². The molecular formula is C22H23BrN4O3S. The minimum atomic E-state index is -0.196. The number of ether oxygens (including phenoxy) is 2. The highest BCUT2D eigenvalue weighted by molar-refractivity contribution is 9.10. The van der Waals surface area contributed by atoms with E-state index in [4.69, 9.17) is 9.47 Å². The smallest absolute Gasteiger partial charge is 0.257 e. The molecule has 2 aromatic carbocycles. The third kappa shape index (κ3) is 7.08. The summed E-state index contributed by atoms with van der Waals surface area (Å²) in [6.45, 7) is 2.36. The van der Waals surface area contributed by atoms with E-state index < -0.39 is 0 Å². The predicted molar refractivity (Wildman–Crippen MR) is 127 cm³/mol.